The van der Waals surface area contributed by atoms with Gasteiger partial charge < -0.3 is 11.1 Å². The number of carbonyl (C=O) groups is 1. The normalized spacial score (nSPS) is 23.1. The van der Waals surface area contributed by atoms with E-state index in [0.29, 0.717) is 21.5 Å². The molecule has 0 bridgehead atoms. The van der Waals surface area contributed by atoms with E-state index in [1.165, 1.54) is 19.3 Å². The van der Waals surface area contributed by atoms with Crippen molar-refractivity contribution in [2.75, 3.05) is 12.0 Å². The highest BCUT2D eigenvalue weighted by atomic mass is 35.5. The number of thioether (sulfide) groups is 1. The Morgan fingerprint density at radius 2 is 2.16 bits per heavy atom. The van der Waals surface area contributed by atoms with E-state index in [1.54, 1.807) is 18.2 Å². The number of benzene rings is 1. The minimum Gasteiger partial charge on any atom is -0.398 e. The molecule has 0 radical (unpaired) electrons. The third-order valence-corrected chi connectivity index (χ3v) is 4.98. The standard InChI is InChI=1S/C14H19ClN2OS/c1-19-13-5-3-2-4-12(13)17-14(18)10-7-6-9(15)8-11(10)16/h6-8,12-13H,2-5,16H2,1H3,(H,17,18). The van der Waals surface area contributed by atoms with E-state index in [4.69, 9.17) is 17.3 Å². The molecule has 1 aromatic carbocycles. The number of rotatable bonds is 3. The molecule has 0 aromatic heterocycles. The van der Waals surface area contributed by atoms with E-state index in [9.17, 15) is 4.79 Å². The number of carbonyl (C=O) groups excluding carboxylic acids is 1. The number of nitrogens with two attached hydrogens (primary N) is 1. The minimum absolute atomic E-state index is 0.0971. The molecule has 2 unspecified atom stereocenters. The topological polar surface area (TPSA) is 55.1 Å². The van der Waals surface area contributed by atoms with Crippen LogP contribution >= 0.6 is 23.4 Å². The molecule has 0 spiro atoms. The molecule has 2 rings (SSSR count). The summed E-state index contributed by atoms with van der Waals surface area (Å²) in [5.41, 5.74) is 6.79. The fourth-order valence-corrected chi connectivity index (χ4v) is 3.65. The van der Waals surface area contributed by atoms with Gasteiger partial charge in [0.05, 0.1) is 5.56 Å². The predicted octanol–water partition coefficient (Wildman–Crippen LogP) is 3.33. The van der Waals surface area contributed by atoms with Crippen molar-refractivity contribution in [2.24, 2.45) is 0 Å². The van der Waals surface area contributed by atoms with Crippen molar-refractivity contribution >= 4 is 35.0 Å². The summed E-state index contributed by atoms with van der Waals surface area (Å²) < 4.78 is 0. The predicted molar refractivity (Wildman–Crippen MR) is 82.9 cm³/mol. The smallest absolute Gasteiger partial charge is 0.253 e. The molecule has 19 heavy (non-hydrogen) atoms. The van der Waals surface area contributed by atoms with Crippen LogP contribution in [0.1, 0.15) is 36.0 Å². The molecule has 1 aliphatic rings. The molecule has 1 aliphatic carbocycles. The van der Waals surface area contributed by atoms with Gasteiger partial charge in [-0.05, 0) is 37.3 Å². The number of amides is 1. The zero-order valence-electron chi connectivity index (χ0n) is 11.0. The quantitative estimate of drug-likeness (QED) is 0.842. The van der Waals surface area contributed by atoms with Crippen LogP contribution in [0.3, 0.4) is 0 Å². The lowest BCUT2D eigenvalue weighted by Gasteiger charge is -2.31. The van der Waals surface area contributed by atoms with Gasteiger partial charge in [-0.2, -0.15) is 11.8 Å². The monoisotopic (exact) mass is 298 g/mol. The number of hydrogen-bond acceptors (Lipinski definition) is 3. The maximum absolute atomic E-state index is 12.3. The van der Waals surface area contributed by atoms with Crippen molar-refractivity contribution in [3.05, 3.63) is 28.8 Å². The van der Waals surface area contributed by atoms with Gasteiger partial charge in [0, 0.05) is 22.0 Å². The molecule has 1 saturated carbocycles. The van der Waals surface area contributed by atoms with Gasteiger partial charge in [-0.15, -0.1) is 0 Å². The summed E-state index contributed by atoms with van der Waals surface area (Å²) in [6, 6.07) is 5.24. The number of anilines is 1. The Morgan fingerprint density at radius 3 is 2.84 bits per heavy atom. The van der Waals surface area contributed by atoms with Crippen molar-refractivity contribution in [3.8, 4) is 0 Å². The molecule has 1 fully saturated rings. The van der Waals surface area contributed by atoms with Crippen molar-refractivity contribution in [2.45, 2.75) is 37.0 Å². The summed E-state index contributed by atoms with van der Waals surface area (Å²) in [5, 5.41) is 4.17. The maximum Gasteiger partial charge on any atom is 0.253 e. The first-order valence-electron chi connectivity index (χ1n) is 6.50. The van der Waals surface area contributed by atoms with Crippen molar-refractivity contribution in [3.63, 3.8) is 0 Å². The second kappa shape index (κ2) is 6.53. The molecule has 0 aliphatic heterocycles. The summed E-state index contributed by atoms with van der Waals surface area (Å²) in [6.07, 6.45) is 6.75. The fourth-order valence-electron chi connectivity index (χ4n) is 2.53. The molecule has 1 aromatic rings. The van der Waals surface area contributed by atoms with E-state index in [1.807, 2.05) is 11.8 Å². The highest BCUT2D eigenvalue weighted by Gasteiger charge is 2.26. The van der Waals surface area contributed by atoms with E-state index in [2.05, 4.69) is 11.6 Å². The largest absolute Gasteiger partial charge is 0.398 e. The Balaban J connectivity index is 2.07. The Hall–Kier alpha value is -0.870. The van der Waals surface area contributed by atoms with E-state index >= 15 is 0 Å². The van der Waals surface area contributed by atoms with Gasteiger partial charge in [0.15, 0.2) is 0 Å². The van der Waals surface area contributed by atoms with Crippen molar-refractivity contribution < 1.29 is 4.79 Å². The average Bonchev–Trinajstić information content (AvgIpc) is 2.39. The SMILES string of the molecule is CSC1CCCCC1NC(=O)c1ccc(Cl)cc1N. The molecule has 5 heteroatoms. The Labute approximate surface area is 123 Å². The van der Waals surface area contributed by atoms with Crippen LogP contribution in [0.25, 0.3) is 0 Å². The van der Waals surface area contributed by atoms with Crippen LogP contribution < -0.4 is 11.1 Å². The van der Waals surface area contributed by atoms with Crippen LogP contribution in [0.15, 0.2) is 18.2 Å². The van der Waals surface area contributed by atoms with Crippen molar-refractivity contribution in [1.82, 2.24) is 5.32 Å². The first-order valence-corrected chi connectivity index (χ1v) is 8.17. The van der Waals surface area contributed by atoms with Crippen LogP contribution in [0.4, 0.5) is 5.69 Å². The number of nitrogens with one attached hydrogen (secondary N) is 1. The lowest BCUT2D eigenvalue weighted by molar-refractivity contribution is 0.0930. The molecule has 1 amide bonds. The lowest BCUT2D eigenvalue weighted by atomic mass is 9.94. The molecule has 2 atom stereocenters. The molecule has 0 heterocycles. The van der Waals surface area contributed by atoms with Gasteiger partial charge in [0.2, 0.25) is 0 Å². The van der Waals surface area contributed by atoms with Gasteiger partial charge in [0.1, 0.15) is 0 Å². The Bertz CT molecular complexity index is 467. The first kappa shape index (κ1) is 14.5. The van der Waals surface area contributed by atoms with Gasteiger partial charge in [-0.25, -0.2) is 0 Å². The lowest BCUT2D eigenvalue weighted by Crippen LogP contribution is -2.43. The van der Waals surface area contributed by atoms with Gasteiger partial charge in [0.25, 0.3) is 5.91 Å². The van der Waals surface area contributed by atoms with Gasteiger partial charge >= 0.3 is 0 Å². The number of nitrogen functional groups attached to an aromatic ring is 1. The summed E-state index contributed by atoms with van der Waals surface area (Å²) in [6.45, 7) is 0. The fraction of sp³-hybridized carbons (Fsp3) is 0.500. The van der Waals surface area contributed by atoms with Crippen LogP contribution in [0, 0.1) is 0 Å². The summed E-state index contributed by atoms with van der Waals surface area (Å²) in [5.74, 6) is -0.0971. The zero-order valence-corrected chi connectivity index (χ0v) is 12.6. The maximum atomic E-state index is 12.3. The van der Waals surface area contributed by atoms with E-state index in [-0.39, 0.29) is 11.9 Å². The molecule has 0 saturated heterocycles. The number of halogens is 1. The van der Waals surface area contributed by atoms with Crippen LogP contribution in [-0.2, 0) is 0 Å². The molecule has 3 nitrogen and oxygen atoms in total. The number of hydrogen-bond donors (Lipinski definition) is 2. The van der Waals surface area contributed by atoms with Crippen LogP contribution in [-0.4, -0.2) is 23.5 Å². The molecular weight excluding hydrogens is 280 g/mol. The third-order valence-electron chi connectivity index (χ3n) is 3.58. The second-order valence-electron chi connectivity index (χ2n) is 4.87. The highest BCUT2D eigenvalue weighted by Crippen LogP contribution is 2.27. The van der Waals surface area contributed by atoms with Crippen LogP contribution in [0.5, 0.6) is 0 Å². The Kier molecular flexibility index (Phi) is 4.99. The van der Waals surface area contributed by atoms with E-state index < -0.39 is 0 Å². The van der Waals surface area contributed by atoms with Crippen LogP contribution in [0.2, 0.25) is 5.02 Å². The van der Waals surface area contributed by atoms with Gasteiger partial charge in [-0.1, -0.05) is 24.4 Å². The van der Waals surface area contributed by atoms with E-state index in [0.717, 1.165) is 6.42 Å². The average molecular weight is 299 g/mol. The molecular formula is C14H19ClN2OS. The third kappa shape index (κ3) is 3.57. The summed E-state index contributed by atoms with van der Waals surface area (Å²) >= 11 is 7.67. The minimum atomic E-state index is -0.0971. The van der Waals surface area contributed by atoms with Crippen molar-refractivity contribution in [1.29, 1.82) is 0 Å². The molecule has 3 N–H and O–H groups in total. The highest BCUT2D eigenvalue weighted by molar-refractivity contribution is 7.99. The summed E-state index contributed by atoms with van der Waals surface area (Å²) in [4.78, 5) is 12.3. The van der Waals surface area contributed by atoms with Gasteiger partial charge in [-0.3, -0.25) is 4.79 Å². The first-order chi connectivity index (χ1) is 9.11. The second-order valence-corrected chi connectivity index (χ2v) is 6.38. The zero-order chi connectivity index (χ0) is 13.8. The summed E-state index contributed by atoms with van der Waals surface area (Å²) in [7, 11) is 0. The molecule has 104 valence electrons. The Morgan fingerprint density at radius 1 is 1.42 bits per heavy atom.